The fourth-order valence-corrected chi connectivity index (χ4v) is 9.07. The zero-order valence-electron chi connectivity index (χ0n) is 13.4. The third-order valence-corrected chi connectivity index (χ3v) is 10.7. The van der Waals surface area contributed by atoms with E-state index in [1.165, 1.54) is 16.5 Å². The Hall–Kier alpha value is -1.93. The minimum absolute atomic E-state index is 0.0318. The molecule has 0 fully saturated rings. The summed E-state index contributed by atoms with van der Waals surface area (Å²) in [7, 11) is 0. The summed E-state index contributed by atoms with van der Waals surface area (Å²) in [6.07, 6.45) is 0.962. The van der Waals surface area contributed by atoms with Crippen LogP contribution >= 0.6 is 0 Å². The summed E-state index contributed by atoms with van der Waals surface area (Å²) in [5, 5.41) is 1.63. The zero-order valence-corrected chi connectivity index (χ0v) is 15.3. The molecular weight excluding hydrogens is 366 g/mol. The second-order valence-electron chi connectivity index (χ2n) is 6.01. The molecule has 5 heteroatoms. The maximum absolute atomic E-state index is 13.6. The van der Waals surface area contributed by atoms with E-state index in [2.05, 4.69) is 31.2 Å². The van der Waals surface area contributed by atoms with Gasteiger partial charge in [-0.2, -0.15) is 0 Å². The number of fused-ring (bicyclic) bond motifs is 2. The molecule has 3 nitrogen and oxygen atoms in total. The predicted octanol–water partition coefficient (Wildman–Crippen LogP) is 2.98. The molecule has 3 aromatic rings. The molecule has 0 bridgehead atoms. The Morgan fingerprint density at radius 2 is 2.04 bits per heavy atom. The Kier molecular flexibility index (Phi) is 4.01. The van der Waals surface area contributed by atoms with Gasteiger partial charge in [-0.25, -0.2) is 0 Å². The van der Waals surface area contributed by atoms with Crippen LogP contribution in [0.3, 0.4) is 0 Å². The molecule has 0 aliphatic carbocycles. The molecule has 1 aromatic heterocycles. The van der Waals surface area contributed by atoms with Crippen molar-refractivity contribution < 1.29 is 4.39 Å². The van der Waals surface area contributed by atoms with Crippen LogP contribution in [0.4, 0.5) is 4.39 Å². The number of hydrogen-bond acceptors (Lipinski definition) is 2. The van der Waals surface area contributed by atoms with Gasteiger partial charge in [0, 0.05) is 0 Å². The van der Waals surface area contributed by atoms with Gasteiger partial charge >= 0.3 is 144 Å². The van der Waals surface area contributed by atoms with E-state index in [4.69, 9.17) is 4.98 Å². The van der Waals surface area contributed by atoms with Crippen molar-refractivity contribution in [2.75, 3.05) is 0 Å². The van der Waals surface area contributed by atoms with Gasteiger partial charge in [-0.1, -0.05) is 0 Å². The summed E-state index contributed by atoms with van der Waals surface area (Å²) in [5.74, 6) is 0.519. The molecule has 4 rings (SSSR count). The first-order chi connectivity index (χ1) is 11.7. The summed E-state index contributed by atoms with van der Waals surface area (Å²) in [6.45, 7) is 2.95. The van der Waals surface area contributed by atoms with E-state index in [1.807, 2.05) is 10.6 Å². The van der Waals surface area contributed by atoms with Crippen molar-refractivity contribution in [1.82, 2.24) is 9.55 Å². The standard InChI is InChI=1S/C19H18AsFN2O/c1-2-20(13-6-4-3-5-7-13)16-10-11-23-18(16)22-17-12-14(21)8-9-15(17)19(23)24/h3-9,12,16H,2,10-11H2,1H3. The van der Waals surface area contributed by atoms with E-state index in [0.29, 0.717) is 15.6 Å². The number of nitrogens with zero attached hydrogens (tertiary/aromatic N) is 2. The second kappa shape index (κ2) is 6.18. The Bertz CT molecular complexity index is 955. The summed E-state index contributed by atoms with van der Waals surface area (Å²) >= 11 is -1.37. The van der Waals surface area contributed by atoms with Gasteiger partial charge in [0.2, 0.25) is 0 Å². The Labute approximate surface area is 144 Å². The molecule has 2 unspecified atom stereocenters. The molecule has 0 radical (unpaired) electrons. The normalized spacial score (nSPS) is 17.8. The van der Waals surface area contributed by atoms with Crippen molar-refractivity contribution in [1.29, 1.82) is 0 Å². The van der Waals surface area contributed by atoms with Crippen LogP contribution in [0.1, 0.15) is 23.9 Å². The van der Waals surface area contributed by atoms with Crippen LogP contribution in [0.25, 0.3) is 10.9 Å². The number of hydrogen-bond donors (Lipinski definition) is 0. The first-order valence-electron chi connectivity index (χ1n) is 8.20. The molecule has 2 heterocycles. The van der Waals surface area contributed by atoms with Crippen LogP contribution in [-0.2, 0) is 6.54 Å². The Morgan fingerprint density at radius 3 is 2.79 bits per heavy atom. The van der Waals surface area contributed by atoms with Crippen LogP contribution in [-0.4, -0.2) is 24.2 Å². The van der Waals surface area contributed by atoms with E-state index >= 15 is 0 Å². The van der Waals surface area contributed by atoms with Gasteiger partial charge in [0.1, 0.15) is 0 Å². The van der Waals surface area contributed by atoms with Gasteiger partial charge in [0.25, 0.3) is 0 Å². The molecule has 0 spiro atoms. The van der Waals surface area contributed by atoms with Crippen LogP contribution < -0.4 is 9.91 Å². The van der Waals surface area contributed by atoms with Gasteiger partial charge < -0.3 is 0 Å². The zero-order chi connectivity index (χ0) is 16.7. The number of rotatable bonds is 3. The summed E-state index contributed by atoms with van der Waals surface area (Å²) in [5.41, 5.74) is 0.451. The molecule has 1 aliphatic rings. The van der Waals surface area contributed by atoms with Gasteiger partial charge in [0.15, 0.2) is 0 Å². The summed E-state index contributed by atoms with van der Waals surface area (Å²) < 4.78 is 17.1. The Morgan fingerprint density at radius 1 is 1.25 bits per heavy atom. The minimum atomic E-state index is -1.37. The number of halogens is 1. The van der Waals surface area contributed by atoms with Crippen LogP contribution in [0, 0.1) is 5.82 Å². The molecule has 0 saturated carbocycles. The van der Waals surface area contributed by atoms with Crippen molar-refractivity contribution in [3.8, 4) is 0 Å². The molecule has 0 amide bonds. The average Bonchev–Trinajstić information content (AvgIpc) is 3.00. The molecule has 2 aromatic carbocycles. The van der Waals surface area contributed by atoms with Crippen molar-refractivity contribution in [2.45, 2.75) is 29.8 Å². The van der Waals surface area contributed by atoms with Gasteiger partial charge in [-0.3, -0.25) is 0 Å². The van der Waals surface area contributed by atoms with Crippen molar-refractivity contribution >= 4 is 29.9 Å². The molecule has 0 N–H and O–H groups in total. The fraction of sp³-hybridized carbons (Fsp3) is 0.263. The molecule has 122 valence electrons. The van der Waals surface area contributed by atoms with Gasteiger partial charge in [0.05, 0.1) is 0 Å². The van der Waals surface area contributed by atoms with E-state index in [9.17, 15) is 9.18 Å². The van der Waals surface area contributed by atoms with Crippen LogP contribution in [0.5, 0.6) is 0 Å². The monoisotopic (exact) mass is 384 g/mol. The maximum atomic E-state index is 13.6. The van der Waals surface area contributed by atoms with E-state index in [1.54, 1.807) is 6.07 Å². The third-order valence-electron chi connectivity index (χ3n) is 4.68. The van der Waals surface area contributed by atoms with Gasteiger partial charge in [-0.05, 0) is 0 Å². The molecule has 0 saturated heterocycles. The van der Waals surface area contributed by atoms with Crippen LogP contribution in [0.15, 0.2) is 53.3 Å². The number of aromatic nitrogens is 2. The topological polar surface area (TPSA) is 34.9 Å². The molecule has 24 heavy (non-hydrogen) atoms. The predicted molar refractivity (Wildman–Crippen MR) is 95.6 cm³/mol. The summed E-state index contributed by atoms with van der Waals surface area (Å²) in [4.78, 5) is 17.5. The van der Waals surface area contributed by atoms with Crippen molar-refractivity contribution in [3.63, 3.8) is 0 Å². The van der Waals surface area contributed by atoms with Crippen molar-refractivity contribution in [2.24, 2.45) is 0 Å². The first kappa shape index (κ1) is 15.6. The third kappa shape index (κ3) is 2.50. The van der Waals surface area contributed by atoms with Gasteiger partial charge in [-0.15, -0.1) is 0 Å². The van der Waals surface area contributed by atoms with Crippen LogP contribution in [0.2, 0.25) is 5.21 Å². The van der Waals surface area contributed by atoms with E-state index in [-0.39, 0.29) is 11.4 Å². The second-order valence-corrected chi connectivity index (χ2v) is 11.7. The first-order valence-corrected chi connectivity index (χ1v) is 11.6. The quantitative estimate of drug-likeness (QED) is 0.651. The Balaban J connectivity index is 1.86. The SMILES string of the molecule is CC[As](c1ccccc1)C1CCn2c1nc1cc(F)ccc1c2=O. The average molecular weight is 384 g/mol. The van der Waals surface area contributed by atoms with E-state index in [0.717, 1.165) is 24.0 Å². The molecule has 2 atom stereocenters. The van der Waals surface area contributed by atoms with E-state index < -0.39 is 14.7 Å². The fourth-order valence-electron chi connectivity index (χ4n) is 3.56. The van der Waals surface area contributed by atoms with Crippen molar-refractivity contribution in [3.05, 3.63) is 70.5 Å². The molecule has 1 aliphatic heterocycles. The molecular formula is C19H18AsFN2O. The number of benzene rings is 2. The summed E-state index contributed by atoms with van der Waals surface area (Å²) in [6, 6.07) is 14.9.